The quantitative estimate of drug-likeness (QED) is 0.234. The number of carbonyl (C=O) groups is 1. The van der Waals surface area contributed by atoms with Crippen molar-refractivity contribution in [1.29, 1.82) is 0 Å². The number of benzene rings is 2. The van der Waals surface area contributed by atoms with Gasteiger partial charge in [0.1, 0.15) is 28.9 Å². The first-order valence-electron chi connectivity index (χ1n) is 16.4. The number of rotatable bonds is 7. The molecule has 5 rings (SSSR count). The maximum absolute atomic E-state index is 15.3. The number of alkyl halides is 3. The van der Waals surface area contributed by atoms with E-state index in [2.05, 4.69) is 18.8 Å². The molecule has 262 valence electrons. The summed E-state index contributed by atoms with van der Waals surface area (Å²) in [4.78, 5) is 23.4. The van der Waals surface area contributed by atoms with Gasteiger partial charge in [0, 0.05) is 65.1 Å². The highest BCUT2D eigenvalue weighted by atomic mass is 32.2. The molecule has 3 aliphatic heterocycles. The van der Waals surface area contributed by atoms with Crippen LogP contribution in [-0.2, 0) is 10.9 Å². The molecule has 1 fully saturated rings. The molecule has 0 aromatic heterocycles. The zero-order valence-corrected chi connectivity index (χ0v) is 29.1. The van der Waals surface area contributed by atoms with Crippen LogP contribution in [0.3, 0.4) is 0 Å². The van der Waals surface area contributed by atoms with Crippen molar-refractivity contribution in [2.24, 2.45) is 10.9 Å². The van der Waals surface area contributed by atoms with E-state index in [0.29, 0.717) is 41.6 Å². The summed E-state index contributed by atoms with van der Waals surface area (Å²) in [6, 6.07) is 3.27. The Balaban J connectivity index is 1.63. The minimum atomic E-state index is -4.86. The molecule has 0 aliphatic carbocycles. The van der Waals surface area contributed by atoms with E-state index in [-0.39, 0.29) is 46.8 Å². The highest BCUT2D eigenvalue weighted by Crippen LogP contribution is 2.54. The van der Waals surface area contributed by atoms with Crippen molar-refractivity contribution in [3.05, 3.63) is 59.4 Å². The second-order valence-electron chi connectivity index (χ2n) is 13.8. The Kier molecular flexibility index (Phi) is 10.4. The lowest BCUT2D eigenvalue weighted by molar-refractivity contribution is -0.137. The topological polar surface area (TPSA) is 60.4 Å². The van der Waals surface area contributed by atoms with E-state index in [9.17, 15) is 22.4 Å². The molecular weight excluding hydrogens is 649 g/mol. The second-order valence-corrected chi connectivity index (χ2v) is 14.8. The Bertz CT molecular complexity index is 1590. The monoisotopic (exact) mass is 693 g/mol. The van der Waals surface area contributed by atoms with Crippen LogP contribution in [0.25, 0.3) is 11.1 Å². The number of carbonyl (C=O) groups excluding carboxylic acids is 1. The van der Waals surface area contributed by atoms with Crippen LogP contribution in [0, 0.1) is 17.6 Å². The molecule has 0 bridgehead atoms. The summed E-state index contributed by atoms with van der Waals surface area (Å²) in [6.45, 7) is 18.3. The summed E-state index contributed by atoms with van der Waals surface area (Å²) < 4.78 is 79.8. The van der Waals surface area contributed by atoms with Gasteiger partial charge in [-0.15, -0.1) is 11.8 Å². The molecule has 7 nitrogen and oxygen atoms in total. The molecule has 2 aromatic carbocycles. The van der Waals surface area contributed by atoms with Crippen LogP contribution in [0.5, 0.6) is 0 Å². The molecule has 1 N–H and O–H groups in total. The van der Waals surface area contributed by atoms with Crippen LogP contribution in [0.4, 0.5) is 32.4 Å². The second kappa shape index (κ2) is 13.9. The minimum Gasteiger partial charge on any atom is -0.444 e. The molecule has 0 spiro atoms. The Labute approximate surface area is 283 Å². The molecule has 1 amide bonds. The van der Waals surface area contributed by atoms with E-state index < -0.39 is 35.1 Å². The number of thioether (sulfide) groups is 1. The van der Waals surface area contributed by atoms with Gasteiger partial charge in [0.15, 0.2) is 0 Å². The van der Waals surface area contributed by atoms with E-state index in [0.717, 1.165) is 44.1 Å². The van der Waals surface area contributed by atoms with Crippen LogP contribution in [0.2, 0.25) is 0 Å². The number of nitrogens with zero attached hydrogens (tertiary/aromatic N) is 4. The lowest BCUT2D eigenvalue weighted by atomic mass is 9.91. The summed E-state index contributed by atoms with van der Waals surface area (Å²) in [6.07, 6.45) is -3.65. The zero-order valence-electron chi connectivity index (χ0n) is 28.3. The average Bonchev–Trinajstić information content (AvgIpc) is 2.98. The Morgan fingerprint density at radius 3 is 2.52 bits per heavy atom. The van der Waals surface area contributed by atoms with Crippen LogP contribution < -0.4 is 10.2 Å². The summed E-state index contributed by atoms with van der Waals surface area (Å²) in [5.74, 6) is -0.513. The standard InChI is InChI=1S/C35H44F5N5O2S/c1-8-41-12-11-20(2)15-24-19-48-31-29(25-10-9-23(36)16-28(25)37)27(35(38,39)40)17-26-30(31)45(24)22(4)42-32(26)44-14-13-43(18-21(44)3)33(46)47-34(5,6)7/h9-10,16-17,20-21,24,41H,4,8,11-15,18-19H2,1-3,5-7H3/t20?,21-,24-/m0/s1. The minimum absolute atomic E-state index is 0.125. The van der Waals surface area contributed by atoms with Crippen molar-refractivity contribution in [3.8, 4) is 11.1 Å². The van der Waals surface area contributed by atoms with Gasteiger partial charge in [0.2, 0.25) is 0 Å². The highest BCUT2D eigenvalue weighted by molar-refractivity contribution is 7.99. The van der Waals surface area contributed by atoms with Crippen molar-refractivity contribution in [1.82, 2.24) is 15.1 Å². The largest absolute Gasteiger partial charge is 0.444 e. The van der Waals surface area contributed by atoms with Crippen molar-refractivity contribution < 1.29 is 31.5 Å². The van der Waals surface area contributed by atoms with Crippen LogP contribution in [-0.4, -0.2) is 77.9 Å². The summed E-state index contributed by atoms with van der Waals surface area (Å²) in [5.41, 5.74) is -1.57. The van der Waals surface area contributed by atoms with Crippen molar-refractivity contribution in [2.45, 2.75) is 83.1 Å². The molecule has 0 radical (unpaired) electrons. The van der Waals surface area contributed by atoms with E-state index in [4.69, 9.17) is 9.73 Å². The fourth-order valence-corrected chi connectivity index (χ4v) is 8.01. The van der Waals surface area contributed by atoms with Gasteiger partial charge in [-0.1, -0.05) is 20.4 Å². The summed E-state index contributed by atoms with van der Waals surface area (Å²) >= 11 is 1.26. The van der Waals surface area contributed by atoms with E-state index in [1.165, 1.54) is 11.8 Å². The first-order valence-corrected chi connectivity index (χ1v) is 17.4. The predicted octanol–water partition coefficient (Wildman–Crippen LogP) is 8.13. The van der Waals surface area contributed by atoms with Gasteiger partial charge in [0.05, 0.1) is 11.3 Å². The van der Waals surface area contributed by atoms with E-state index in [1.807, 2.05) is 23.6 Å². The molecule has 1 saturated heterocycles. The van der Waals surface area contributed by atoms with Gasteiger partial charge in [-0.05, 0) is 77.7 Å². The van der Waals surface area contributed by atoms with E-state index in [1.54, 1.807) is 25.7 Å². The maximum Gasteiger partial charge on any atom is 0.417 e. The first kappa shape index (κ1) is 36.0. The number of hydrogen-bond acceptors (Lipinski definition) is 7. The number of nitrogens with one attached hydrogen (secondary N) is 1. The molecule has 3 atom stereocenters. The summed E-state index contributed by atoms with van der Waals surface area (Å²) in [7, 11) is 0. The molecule has 1 unspecified atom stereocenters. The van der Waals surface area contributed by atoms with E-state index >= 15 is 4.39 Å². The van der Waals surface area contributed by atoms with Gasteiger partial charge < -0.3 is 24.8 Å². The number of anilines is 1. The normalized spacial score (nSPS) is 20.4. The first-order chi connectivity index (χ1) is 22.5. The zero-order chi connectivity index (χ0) is 35.1. The number of amidine groups is 1. The number of piperazine rings is 1. The molecule has 3 aliphatic rings. The third kappa shape index (κ3) is 7.46. The maximum atomic E-state index is 15.3. The predicted molar refractivity (Wildman–Crippen MR) is 180 cm³/mol. The van der Waals surface area contributed by atoms with Crippen molar-refractivity contribution in [3.63, 3.8) is 0 Å². The number of aliphatic imine (C=N–C) groups is 1. The average molecular weight is 694 g/mol. The third-order valence-corrected chi connectivity index (χ3v) is 10.1. The number of halogens is 5. The summed E-state index contributed by atoms with van der Waals surface area (Å²) in [5, 5.41) is 3.34. The lowest BCUT2D eigenvalue weighted by Gasteiger charge is -2.47. The smallest absolute Gasteiger partial charge is 0.417 e. The van der Waals surface area contributed by atoms with Crippen molar-refractivity contribution in [2.75, 3.05) is 43.4 Å². The SMILES string of the molecule is C=C1N=C(N2CCN(C(=O)OC(C)(C)C)C[C@@H]2C)c2cc(C(F)(F)F)c(-c3ccc(F)cc3F)c3c2N1[C@@H](CC(C)CCNCC)CS3. The van der Waals surface area contributed by atoms with Gasteiger partial charge in [-0.2, -0.15) is 13.2 Å². The van der Waals surface area contributed by atoms with Crippen LogP contribution in [0.15, 0.2) is 46.6 Å². The number of hydrogen-bond donors (Lipinski definition) is 1. The van der Waals surface area contributed by atoms with Gasteiger partial charge in [-0.25, -0.2) is 18.6 Å². The van der Waals surface area contributed by atoms with Gasteiger partial charge in [0.25, 0.3) is 0 Å². The Hall–Kier alpha value is -3.32. The molecular formula is C35H44F5N5O2S. The van der Waals surface area contributed by atoms with Gasteiger partial charge in [-0.3, -0.25) is 0 Å². The Morgan fingerprint density at radius 2 is 1.90 bits per heavy atom. The molecule has 3 heterocycles. The Morgan fingerprint density at radius 1 is 1.17 bits per heavy atom. The van der Waals surface area contributed by atoms with Crippen molar-refractivity contribution >= 4 is 29.4 Å². The van der Waals surface area contributed by atoms with Gasteiger partial charge >= 0.3 is 12.3 Å². The van der Waals surface area contributed by atoms with Crippen LogP contribution in [0.1, 0.15) is 65.5 Å². The fraction of sp³-hybridized carbons (Fsp3) is 0.543. The molecule has 0 saturated carbocycles. The number of ether oxygens (including phenoxy) is 1. The van der Waals surface area contributed by atoms with Crippen LogP contribution >= 0.6 is 11.8 Å². The molecule has 13 heteroatoms. The highest BCUT2D eigenvalue weighted by Gasteiger charge is 2.45. The lowest BCUT2D eigenvalue weighted by Crippen LogP contribution is -2.57. The third-order valence-electron chi connectivity index (χ3n) is 8.83. The molecule has 48 heavy (non-hydrogen) atoms. The fourth-order valence-electron chi connectivity index (χ4n) is 6.66. The number of amides is 1. The molecule has 2 aromatic rings.